The van der Waals surface area contributed by atoms with Gasteiger partial charge in [-0.1, -0.05) is 12.1 Å². The summed E-state index contributed by atoms with van der Waals surface area (Å²) >= 11 is 0. The second-order valence-corrected chi connectivity index (χ2v) is 8.69. The lowest BCUT2D eigenvalue weighted by Gasteiger charge is -2.13. The molecular weight excluding hydrogens is 428 g/mol. The highest BCUT2D eigenvalue weighted by Gasteiger charge is 2.40. The molecule has 6 heteroatoms. The van der Waals surface area contributed by atoms with Gasteiger partial charge in [-0.3, -0.25) is 0 Å². The van der Waals surface area contributed by atoms with Gasteiger partial charge in [0.25, 0.3) is 6.17 Å². The normalized spacial score (nSPS) is 17.0. The minimum Gasteiger partial charge on any atom is -0.491 e. The van der Waals surface area contributed by atoms with Crippen molar-refractivity contribution < 1.29 is 23.6 Å². The predicted octanol–water partition coefficient (Wildman–Crippen LogP) is 5.02. The maximum atomic E-state index is 12.8. The Balaban J connectivity index is 1.73. The molecule has 0 bridgehead atoms. The number of carbonyl (C=O) groups is 1. The van der Waals surface area contributed by atoms with Gasteiger partial charge >= 0.3 is 5.97 Å². The molecule has 0 N–H and O–H groups in total. The summed E-state index contributed by atoms with van der Waals surface area (Å²) in [6.45, 7) is 10.1. The quantitative estimate of drug-likeness (QED) is 0.411. The van der Waals surface area contributed by atoms with Crippen molar-refractivity contribution in [1.29, 1.82) is 0 Å². The maximum absolute atomic E-state index is 12.8. The smallest absolute Gasteiger partial charge is 0.363 e. The molecule has 2 heterocycles. The third kappa shape index (κ3) is 5.11. The Hall–Kier alpha value is -3.67. The summed E-state index contributed by atoms with van der Waals surface area (Å²) in [6.07, 6.45) is 5.98. The van der Waals surface area contributed by atoms with Gasteiger partial charge in [0.1, 0.15) is 11.5 Å². The SMILES string of the molecule is CCOC(=O)C1=NC2C=CC(c3ccc(OC(C)C)cc3)=C[N+]2=C1c1ccc(OC(C)C)cc1. The van der Waals surface area contributed by atoms with Crippen molar-refractivity contribution in [3.63, 3.8) is 0 Å². The molecule has 0 fully saturated rings. The van der Waals surface area contributed by atoms with Crippen molar-refractivity contribution in [2.75, 3.05) is 6.61 Å². The summed E-state index contributed by atoms with van der Waals surface area (Å²) in [5.74, 6) is 1.19. The highest BCUT2D eigenvalue weighted by Crippen LogP contribution is 2.27. The molecule has 2 aliphatic heterocycles. The Morgan fingerprint density at radius 2 is 1.47 bits per heavy atom. The van der Waals surface area contributed by atoms with Gasteiger partial charge < -0.3 is 14.2 Å². The summed E-state index contributed by atoms with van der Waals surface area (Å²) < 4.78 is 18.9. The molecule has 0 saturated heterocycles. The zero-order valence-electron chi connectivity index (χ0n) is 20.3. The van der Waals surface area contributed by atoms with Crippen LogP contribution in [-0.4, -0.2) is 46.9 Å². The van der Waals surface area contributed by atoms with Crippen LogP contribution in [0.25, 0.3) is 5.57 Å². The van der Waals surface area contributed by atoms with Crippen LogP contribution in [0.15, 0.2) is 71.9 Å². The molecule has 4 rings (SSSR count). The number of rotatable bonds is 8. The first-order valence-corrected chi connectivity index (χ1v) is 11.7. The molecular formula is C28H31N2O4+. The highest BCUT2D eigenvalue weighted by atomic mass is 16.5. The molecule has 0 radical (unpaired) electrons. The molecule has 2 aromatic carbocycles. The van der Waals surface area contributed by atoms with Crippen molar-refractivity contribution in [3.8, 4) is 11.5 Å². The van der Waals surface area contributed by atoms with Gasteiger partial charge in [0.05, 0.1) is 18.8 Å². The lowest BCUT2D eigenvalue weighted by Crippen LogP contribution is -2.29. The molecule has 2 aliphatic rings. The van der Waals surface area contributed by atoms with E-state index in [1.54, 1.807) is 6.92 Å². The molecule has 0 saturated carbocycles. The number of hydrogen-bond donors (Lipinski definition) is 0. The molecule has 2 aromatic rings. The summed E-state index contributed by atoms with van der Waals surface area (Å²) in [4.78, 5) is 17.5. The fourth-order valence-corrected chi connectivity index (χ4v) is 3.94. The fraction of sp³-hybridized carbons (Fsp3) is 0.321. The van der Waals surface area contributed by atoms with Crippen LogP contribution in [0.1, 0.15) is 45.7 Å². The molecule has 1 unspecified atom stereocenters. The Bertz CT molecular complexity index is 1170. The first kappa shape index (κ1) is 23.5. The fourth-order valence-electron chi connectivity index (χ4n) is 3.94. The van der Waals surface area contributed by atoms with Crippen LogP contribution < -0.4 is 9.47 Å². The monoisotopic (exact) mass is 459 g/mol. The van der Waals surface area contributed by atoms with Gasteiger partial charge in [0.2, 0.25) is 11.4 Å². The average Bonchev–Trinajstić information content (AvgIpc) is 3.18. The second kappa shape index (κ2) is 10.1. The number of aliphatic imine (C=N–C) groups is 1. The Kier molecular flexibility index (Phi) is 6.96. The van der Waals surface area contributed by atoms with Crippen LogP contribution >= 0.6 is 0 Å². The highest BCUT2D eigenvalue weighted by molar-refractivity contribution is 6.68. The van der Waals surface area contributed by atoms with Crippen LogP contribution in [0.2, 0.25) is 0 Å². The Labute approximate surface area is 200 Å². The van der Waals surface area contributed by atoms with Gasteiger partial charge in [0.15, 0.2) is 6.20 Å². The van der Waals surface area contributed by atoms with E-state index >= 15 is 0 Å². The third-order valence-corrected chi connectivity index (χ3v) is 5.28. The van der Waals surface area contributed by atoms with E-state index in [1.165, 1.54) is 0 Å². The molecule has 176 valence electrons. The van der Waals surface area contributed by atoms with Crippen molar-refractivity contribution >= 4 is 23.0 Å². The number of nitrogens with zero attached hydrogens (tertiary/aromatic N) is 2. The van der Waals surface area contributed by atoms with E-state index in [4.69, 9.17) is 14.2 Å². The van der Waals surface area contributed by atoms with E-state index < -0.39 is 5.97 Å². The predicted molar refractivity (Wildman–Crippen MR) is 134 cm³/mol. The minimum atomic E-state index is -0.423. The van der Waals surface area contributed by atoms with Crippen LogP contribution in [-0.2, 0) is 9.53 Å². The molecule has 0 aromatic heterocycles. The number of allylic oxidation sites excluding steroid dienone is 2. The van der Waals surface area contributed by atoms with Crippen molar-refractivity contribution in [3.05, 3.63) is 78.0 Å². The van der Waals surface area contributed by atoms with Crippen molar-refractivity contribution in [2.45, 2.75) is 53.0 Å². The maximum Gasteiger partial charge on any atom is 0.363 e. The van der Waals surface area contributed by atoms with Gasteiger partial charge in [-0.25, -0.2) is 4.79 Å². The average molecular weight is 460 g/mol. The first-order valence-electron chi connectivity index (χ1n) is 11.7. The van der Waals surface area contributed by atoms with E-state index in [9.17, 15) is 4.79 Å². The first-order chi connectivity index (χ1) is 16.4. The van der Waals surface area contributed by atoms with E-state index in [0.717, 1.165) is 33.9 Å². The van der Waals surface area contributed by atoms with E-state index in [1.807, 2.05) is 99.2 Å². The van der Waals surface area contributed by atoms with Gasteiger partial charge in [0, 0.05) is 17.2 Å². The standard InChI is InChI=1S/C28H31N2O4/c1-6-32-28(31)26-27(21-9-14-24(15-10-21)34-19(4)5)30-17-22(11-16-25(30)29-26)20-7-12-23(13-8-20)33-18(2)3/h7-19,25H,6H2,1-5H3/q+1. The van der Waals surface area contributed by atoms with E-state index in [-0.39, 0.29) is 18.4 Å². The zero-order valence-corrected chi connectivity index (χ0v) is 20.3. The Morgan fingerprint density at radius 3 is 2.00 bits per heavy atom. The lowest BCUT2D eigenvalue weighted by molar-refractivity contribution is -0.479. The number of carbonyl (C=O) groups excluding carboxylic acids is 1. The molecule has 0 aliphatic carbocycles. The van der Waals surface area contributed by atoms with Gasteiger partial charge in [-0.2, -0.15) is 9.57 Å². The van der Waals surface area contributed by atoms with Crippen molar-refractivity contribution in [2.24, 2.45) is 4.99 Å². The summed E-state index contributed by atoms with van der Waals surface area (Å²) in [7, 11) is 0. The van der Waals surface area contributed by atoms with E-state index in [2.05, 4.69) is 4.99 Å². The van der Waals surface area contributed by atoms with Gasteiger partial charge in [-0.15, -0.1) is 0 Å². The summed E-state index contributed by atoms with van der Waals surface area (Å²) in [5.41, 5.74) is 3.99. The molecule has 1 atom stereocenters. The number of fused-ring (bicyclic) bond motifs is 1. The number of esters is 1. The topological polar surface area (TPSA) is 60.1 Å². The minimum absolute atomic E-state index is 0.0843. The lowest BCUT2D eigenvalue weighted by atomic mass is 10.0. The number of ether oxygens (including phenoxy) is 3. The van der Waals surface area contributed by atoms with Gasteiger partial charge in [-0.05, 0) is 82.7 Å². The largest absolute Gasteiger partial charge is 0.491 e. The zero-order chi connectivity index (χ0) is 24.2. The number of benzene rings is 2. The van der Waals surface area contributed by atoms with Crippen LogP contribution in [0.5, 0.6) is 11.5 Å². The van der Waals surface area contributed by atoms with Crippen molar-refractivity contribution in [1.82, 2.24) is 0 Å². The Morgan fingerprint density at radius 1 is 0.912 bits per heavy atom. The van der Waals surface area contributed by atoms with Crippen LogP contribution in [0.4, 0.5) is 0 Å². The number of hydrogen-bond acceptors (Lipinski definition) is 5. The summed E-state index contributed by atoms with van der Waals surface area (Å²) in [5, 5.41) is 0. The summed E-state index contributed by atoms with van der Waals surface area (Å²) in [6, 6.07) is 15.7. The van der Waals surface area contributed by atoms with Crippen LogP contribution in [0.3, 0.4) is 0 Å². The second-order valence-electron chi connectivity index (χ2n) is 8.69. The molecule has 0 spiro atoms. The third-order valence-electron chi connectivity index (χ3n) is 5.28. The molecule has 6 nitrogen and oxygen atoms in total. The van der Waals surface area contributed by atoms with E-state index in [0.29, 0.717) is 12.3 Å². The molecule has 34 heavy (non-hydrogen) atoms. The molecule has 0 amide bonds. The van der Waals surface area contributed by atoms with Crippen LogP contribution in [0, 0.1) is 0 Å².